The maximum atomic E-state index is 14.3. The topological polar surface area (TPSA) is 87.9 Å². The Morgan fingerprint density at radius 2 is 1.77 bits per heavy atom. The molecule has 2 unspecified atom stereocenters. The van der Waals surface area contributed by atoms with Crippen molar-refractivity contribution in [3.63, 3.8) is 0 Å². The lowest BCUT2D eigenvalue weighted by molar-refractivity contribution is -0.386. The Kier molecular flexibility index (Phi) is 7.15. The molecule has 0 spiro atoms. The lowest BCUT2D eigenvalue weighted by Crippen LogP contribution is -2.14. The van der Waals surface area contributed by atoms with Crippen molar-refractivity contribution in [2.24, 2.45) is 0 Å². The van der Waals surface area contributed by atoms with Gasteiger partial charge in [-0.25, -0.2) is 8.78 Å². The van der Waals surface area contributed by atoms with E-state index in [4.69, 9.17) is 14.0 Å². The summed E-state index contributed by atoms with van der Waals surface area (Å²) in [6.45, 7) is 6.82. The van der Waals surface area contributed by atoms with Crippen LogP contribution in [0.15, 0.2) is 18.2 Å². The predicted molar refractivity (Wildman–Crippen MR) is 104 cm³/mol. The average molecular weight is 447 g/mol. The largest absolute Gasteiger partial charge is 0.473 e. The summed E-state index contributed by atoms with van der Waals surface area (Å²) in [5.74, 6) is -6.00. The van der Waals surface area contributed by atoms with E-state index in [-0.39, 0.29) is 23.7 Å². The van der Waals surface area contributed by atoms with Crippen molar-refractivity contribution in [1.82, 2.24) is 0 Å². The van der Waals surface area contributed by atoms with E-state index in [9.17, 15) is 27.9 Å². The van der Waals surface area contributed by atoms with Gasteiger partial charge in [0.15, 0.2) is 17.4 Å². The van der Waals surface area contributed by atoms with Gasteiger partial charge in [0.2, 0.25) is 18.9 Å². The number of hydrogen-bond donors (Lipinski definition) is 0. The van der Waals surface area contributed by atoms with E-state index in [1.54, 1.807) is 6.92 Å². The normalized spacial score (nSPS) is 14.1. The summed E-state index contributed by atoms with van der Waals surface area (Å²) in [5.41, 5.74) is -1.23. The Balaban J connectivity index is 2.47. The average Bonchev–Trinajstić information content (AvgIpc) is 2.68. The lowest BCUT2D eigenvalue weighted by Gasteiger charge is -2.21. The van der Waals surface area contributed by atoms with Gasteiger partial charge >= 0.3 is 5.69 Å². The number of benzene rings is 2. The monoisotopic (exact) mass is 447 g/mol. The third kappa shape index (κ3) is 4.76. The molecule has 2 atom stereocenters. The van der Waals surface area contributed by atoms with Gasteiger partial charge in [0.1, 0.15) is 11.6 Å². The number of halogens is 3. The van der Waals surface area contributed by atoms with Gasteiger partial charge in [0.05, 0.1) is 11.5 Å². The molecule has 0 bridgehead atoms. The second-order valence-corrected chi connectivity index (χ2v) is 9.36. The van der Waals surface area contributed by atoms with Gasteiger partial charge in [-0.05, 0) is 33.8 Å². The second kappa shape index (κ2) is 9.06. The highest BCUT2D eigenvalue weighted by Gasteiger charge is 2.30. The van der Waals surface area contributed by atoms with Gasteiger partial charge in [0, 0.05) is 29.9 Å². The molecule has 164 valence electrons. The minimum atomic E-state index is -3.26. The molecule has 0 amide bonds. The Bertz CT molecular complexity index is 1000. The highest BCUT2D eigenvalue weighted by molar-refractivity contribution is 7.58. The molecule has 7 nitrogen and oxygen atoms in total. The molecule has 0 aromatic heterocycles. The fraction of sp³-hybridized carbons (Fsp3) is 0.368. The summed E-state index contributed by atoms with van der Waals surface area (Å²) in [5, 5.41) is 11.3. The third-order valence-electron chi connectivity index (χ3n) is 4.41. The van der Waals surface area contributed by atoms with E-state index >= 15 is 0 Å². The summed E-state index contributed by atoms with van der Waals surface area (Å²) >= 11 is 0. The minimum absolute atomic E-state index is 0.149. The quantitative estimate of drug-likeness (QED) is 0.211. The number of hydrogen-bond acceptors (Lipinski definition) is 6. The Hall–Kier alpha value is -2.58. The zero-order valence-corrected chi connectivity index (χ0v) is 17.9. The summed E-state index contributed by atoms with van der Waals surface area (Å²) in [4.78, 5) is 10.6. The molecule has 0 aliphatic rings. The molecule has 2 rings (SSSR count). The highest BCUT2D eigenvalue weighted by Crippen LogP contribution is 2.49. The number of nitrogens with zero attached hydrogens (tertiary/aromatic N) is 1. The first-order chi connectivity index (χ1) is 13.9. The van der Waals surface area contributed by atoms with Gasteiger partial charge < -0.3 is 14.0 Å². The van der Waals surface area contributed by atoms with Crippen LogP contribution in [-0.2, 0) is 9.09 Å². The van der Waals surface area contributed by atoms with Crippen molar-refractivity contribution in [2.75, 3.05) is 13.3 Å². The molecular formula is C19H21F3NO6P. The molecule has 2 aromatic carbocycles. The zero-order chi connectivity index (χ0) is 22.8. The van der Waals surface area contributed by atoms with Crippen LogP contribution in [0, 0.1) is 41.4 Å². The number of nitro benzene ring substituents is 1. The highest BCUT2D eigenvalue weighted by atomic mass is 31.2. The molecule has 0 aliphatic heterocycles. The standard InChI is InChI=1S/C19H21F3NO6P/c1-6-27-30(5,26)12(4)28-15-9-13(7-8-14(15)23(24)25)29-19-11(3)16(20)10(2)17(21)18(19)22/h7-9,12H,6H2,1-5H3. The van der Waals surface area contributed by atoms with Crippen LogP contribution in [-0.4, -0.2) is 24.0 Å². The van der Waals surface area contributed by atoms with E-state index in [0.29, 0.717) is 0 Å². The third-order valence-corrected chi connectivity index (χ3v) is 6.61. The Labute approximate surface area is 171 Å². The van der Waals surface area contributed by atoms with Crippen LogP contribution in [0.25, 0.3) is 0 Å². The van der Waals surface area contributed by atoms with E-state index in [1.165, 1.54) is 20.5 Å². The minimum Gasteiger partial charge on any atom is -0.473 e. The number of nitro groups is 1. The van der Waals surface area contributed by atoms with Crippen LogP contribution in [0.1, 0.15) is 25.0 Å². The number of rotatable bonds is 8. The van der Waals surface area contributed by atoms with Crippen molar-refractivity contribution in [2.45, 2.75) is 33.5 Å². The summed E-state index contributed by atoms with van der Waals surface area (Å²) < 4.78 is 70.7. The van der Waals surface area contributed by atoms with E-state index in [1.807, 2.05) is 0 Å². The maximum Gasteiger partial charge on any atom is 0.311 e. The van der Waals surface area contributed by atoms with Crippen molar-refractivity contribution in [1.29, 1.82) is 0 Å². The van der Waals surface area contributed by atoms with Crippen molar-refractivity contribution < 1.29 is 36.7 Å². The van der Waals surface area contributed by atoms with Crippen LogP contribution >= 0.6 is 7.37 Å². The van der Waals surface area contributed by atoms with Crippen LogP contribution in [0.5, 0.6) is 17.2 Å². The second-order valence-electron chi connectivity index (χ2n) is 6.55. The van der Waals surface area contributed by atoms with Crippen LogP contribution < -0.4 is 9.47 Å². The van der Waals surface area contributed by atoms with Crippen LogP contribution in [0.3, 0.4) is 0 Å². The first-order valence-electron chi connectivity index (χ1n) is 8.89. The van der Waals surface area contributed by atoms with Crippen LogP contribution in [0.2, 0.25) is 0 Å². The van der Waals surface area contributed by atoms with Gasteiger partial charge in [0.25, 0.3) is 0 Å². The molecule has 2 aromatic rings. The molecule has 0 saturated carbocycles. The molecule has 11 heteroatoms. The van der Waals surface area contributed by atoms with Crippen LogP contribution in [0.4, 0.5) is 18.9 Å². The van der Waals surface area contributed by atoms with Crippen molar-refractivity contribution >= 4 is 13.1 Å². The molecule has 0 fully saturated rings. The van der Waals surface area contributed by atoms with Gasteiger partial charge in [-0.2, -0.15) is 4.39 Å². The molecule has 0 N–H and O–H groups in total. The SMILES string of the molecule is CCOP(C)(=O)C(C)Oc1cc(Oc2c(C)c(F)c(C)c(F)c2F)ccc1[N+](=O)[O-]. The van der Waals surface area contributed by atoms with E-state index < -0.39 is 52.6 Å². The predicted octanol–water partition coefficient (Wildman–Crippen LogP) is 6.09. The fourth-order valence-corrected chi connectivity index (χ4v) is 3.62. The Morgan fingerprint density at radius 1 is 1.13 bits per heavy atom. The number of ether oxygens (including phenoxy) is 2. The molecule has 30 heavy (non-hydrogen) atoms. The van der Waals surface area contributed by atoms with Gasteiger partial charge in [-0.15, -0.1) is 0 Å². The molecular weight excluding hydrogens is 426 g/mol. The lowest BCUT2D eigenvalue weighted by atomic mass is 10.1. The van der Waals surface area contributed by atoms with Gasteiger partial charge in [-0.1, -0.05) is 0 Å². The van der Waals surface area contributed by atoms with E-state index in [0.717, 1.165) is 25.1 Å². The summed E-state index contributed by atoms with van der Waals surface area (Å²) in [6, 6.07) is 3.19. The van der Waals surface area contributed by atoms with Crippen molar-refractivity contribution in [3.8, 4) is 17.2 Å². The molecule has 0 radical (unpaired) electrons. The summed E-state index contributed by atoms with van der Waals surface area (Å²) in [6.07, 6.45) is 0. The smallest absolute Gasteiger partial charge is 0.311 e. The summed E-state index contributed by atoms with van der Waals surface area (Å²) in [7, 11) is -3.26. The zero-order valence-electron chi connectivity index (χ0n) is 17.0. The van der Waals surface area contributed by atoms with Crippen molar-refractivity contribution in [3.05, 3.63) is 56.9 Å². The van der Waals surface area contributed by atoms with Gasteiger partial charge in [-0.3, -0.25) is 14.7 Å². The fourth-order valence-electron chi connectivity index (χ4n) is 2.59. The molecule has 0 aliphatic carbocycles. The first kappa shape index (κ1) is 23.7. The maximum absolute atomic E-state index is 14.3. The Morgan fingerprint density at radius 3 is 2.33 bits per heavy atom. The molecule has 0 saturated heterocycles. The molecule has 0 heterocycles. The van der Waals surface area contributed by atoms with E-state index in [2.05, 4.69) is 0 Å². The first-order valence-corrected chi connectivity index (χ1v) is 11.0.